The van der Waals surface area contributed by atoms with Gasteiger partial charge in [0.1, 0.15) is 5.82 Å². The van der Waals surface area contributed by atoms with Crippen LogP contribution in [0.2, 0.25) is 0 Å². The maximum atomic E-state index is 12.9. The lowest BCUT2D eigenvalue weighted by Crippen LogP contribution is -2.49. The van der Waals surface area contributed by atoms with Crippen molar-refractivity contribution >= 4 is 5.78 Å². The number of ketones is 1. The predicted molar refractivity (Wildman–Crippen MR) is 69.7 cm³/mol. The summed E-state index contributed by atoms with van der Waals surface area (Å²) in [5.74, 6) is -0.255. The van der Waals surface area contributed by atoms with Crippen LogP contribution in [-0.2, 0) is 4.74 Å². The zero-order chi connectivity index (χ0) is 13.4. The summed E-state index contributed by atoms with van der Waals surface area (Å²) < 4.78 is 18.7. The van der Waals surface area contributed by atoms with E-state index in [9.17, 15) is 9.18 Å². The van der Waals surface area contributed by atoms with E-state index in [-0.39, 0.29) is 29.9 Å². The molecule has 4 heteroatoms. The average Bonchev–Trinajstić information content (AvgIpc) is 2.76. The Balaban J connectivity index is 1.71. The molecule has 0 radical (unpaired) electrons. The molecule has 0 N–H and O–H groups in total. The van der Waals surface area contributed by atoms with Gasteiger partial charge in [-0.3, -0.25) is 9.69 Å². The predicted octanol–water partition coefficient (Wildman–Crippen LogP) is 2.26. The number of likely N-dealkylation sites (tertiary alicyclic amines) is 1. The summed E-state index contributed by atoms with van der Waals surface area (Å²) in [6, 6.07) is 5.62. The van der Waals surface area contributed by atoms with Crippen LogP contribution in [0.4, 0.5) is 4.39 Å². The first kappa shape index (κ1) is 12.8. The van der Waals surface area contributed by atoms with Gasteiger partial charge in [0.05, 0.1) is 18.2 Å². The molecule has 2 aliphatic heterocycles. The monoisotopic (exact) mass is 263 g/mol. The van der Waals surface area contributed by atoms with Crippen LogP contribution in [0.25, 0.3) is 0 Å². The van der Waals surface area contributed by atoms with Crippen LogP contribution in [-0.4, -0.2) is 42.0 Å². The number of hydrogen-bond donors (Lipinski definition) is 0. The molecular formula is C15H18FNO2. The number of Topliss-reactive ketones (excluding diaryl/α,β-unsaturated/α-hetero) is 1. The molecule has 0 saturated carbocycles. The number of carbonyl (C=O) groups excluding carboxylic acids is 1. The topological polar surface area (TPSA) is 29.5 Å². The number of rotatable bonds is 3. The molecule has 3 unspecified atom stereocenters. The summed E-state index contributed by atoms with van der Waals surface area (Å²) in [4.78, 5) is 14.6. The van der Waals surface area contributed by atoms with Crippen molar-refractivity contribution in [1.29, 1.82) is 0 Å². The number of halogens is 1. The molecule has 2 bridgehead atoms. The summed E-state index contributed by atoms with van der Waals surface area (Å²) in [6.45, 7) is 3.58. The molecule has 0 amide bonds. The van der Waals surface area contributed by atoms with E-state index < -0.39 is 0 Å². The molecule has 2 saturated heterocycles. The third-order valence-corrected chi connectivity index (χ3v) is 4.13. The summed E-state index contributed by atoms with van der Waals surface area (Å²) >= 11 is 0. The van der Waals surface area contributed by atoms with Crippen molar-refractivity contribution in [3.8, 4) is 0 Å². The van der Waals surface area contributed by atoms with Crippen LogP contribution in [0.15, 0.2) is 24.3 Å². The van der Waals surface area contributed by atoms with E-state index in [1.54, 1.807) is 12.1 Å². The lowest BCUT2D eigenvalue weighted by Gasteiger charge is -2.35. The van der Waals surface area contributed by atoms with Crippen molar-refractivity contribution in [3.05, 3.63) is 35.6 Å². The van der Waals surface area contributed by atoms with Crippen molar-refractivity contribution in [3.63, 3.8) is 0 Å². The van der Waals surface area contributed by atoms with Crippen molar-refractivity contribution < 1.29 is 13.9 Å². The van der Waals surface area contributed by atoms with Gasteiger partial charge in [0, 0.05) is 18.7 Å². The maximum absolute atomic E-state index is 12.9. The average molecular weight is 263 g/mol. The Kier molecular flexibility index (Phi) is 3.37. The molecule has 2 heterocycles. The minimum atomic E-state index is -0.311. The second kappa shape index (κ2) is 5.02. The van der Waals surface area contributed by atoms with Crippen LogP contribution in [0.1, 0.15) is 30.1 Å². The number of morpholine rings is 1. The molecule has 0 aromatic heterocycles. The van der Waals surface area contributed by atoms with E-state index in [0.717, 1.165) is 25.9 Å². The lowest BCUT2D eigenvalue weighted by atomic mass is 10.0. The Morgan fingerprint density at radius 2 is 1.84 bits per heavy atom. The first-order valence-electron chi connectivity index (χ1n) is 6.83. The van der Waals surface area contributed by atoms with Gasteiger partial charge in [0.15, 0.2) is 5.78 Å². The van der Waals surface area contributed by atoms with Crippen LogP contribution < -0.4 is 0 Å². The highest BCUT2D eigenvalue weighted by atomic mass is 19.1. The van der Waals surface area contributed by atoms with Crippen molar-refractivity contribution in [2.24, 2.45) is 0 Å². The number of benzene rings is 1. The van der Waals surface area contributed by atoms with E-state index in [2.05, 4.69) is 4.90 Å². The van der Waals surface area contributed by atoms with Crippen LogP contribution in [0.5, 0.6) is 0 Å². The van der Waals surface area contributed by atoms with Gasteiger partial charge in [0.25, 0.3) is 0 Å². The summed E-state index contributed by atoms with van der Waals surface area (Å²) in [7, 11) is 0. The number of ether oxygens (including phenoxy) is 1. The summed E-state index contributed by atoms with van der Waals surface area (Å²) in [6.07, 6.45) is 2.75. The molecule has 0 aliphatic carbocycles. The van der Waals surface area contributed by atoms with Crippen LogP contribution in [0.3, 0.4) is 0 Å². The molecule has 2 aliphatic rings. The molecule has 1 aromatic carbocycles. The van der Waals surface area contributed by atoms with Gasteiger partial charge in [-0.2, -0.15) is 0 Å². The Hall–Kier alpha value is -1.26. The van der Waals surface area contributed by atoms with Gasteiger partial charge in [-0.1, -0.05) is 0 Å². The van der Waals surface area contributed by atoms with E-state index in [0.29, 0.717) is 5.56 Å². The fourth-order valence-electron chi connectivity index (χ4n) is 2.98. The van der Waals surface area contributed by atoms with Gasteiger partial charge in [-0.15, -0.1) is 0 Å². The molecule has 19 heavy (non-hydrogen) atoms. The second-order valence-corrected chi connectivity index (χ2v) is 5.46. The third kappa shape index (κ3) is 2.55. The largest absolute Gasteiger partial charge is 0.372 e. The van der Waals surface area contributed by atoms with Crippen molar-refractivity contribution in [2.75, 3.05) is 13.1 Å². The van der Waals surface area contributed by atoms with Gasteiger partial charge < -0.3 is 4.74 Å². The Morgan fingerprint density at radius 3 is 2.42 bits per heavy atom. The lowest BCUT2D eigenvalue weighted by molar-refractivity contribution is -0.0464. The minimum absolute atomic E-state index is 0.0568. The number of fused-ring (bicyclic) bond motifs is 2. The summed E-state index contributed by atoms with van der Waals surface area (Å²) in [5, 5.41) is 0. The van der Waals surface area contributed by atoms with Gasteiger partial charge >= 0.3 is 0 Å². The maximum Gasteiger partial charge on any atom is 0.179 e. The van der Waals surface area contributed by atoms with Gasteiger partial charge in [-0.05, 0) is 44.0 Å². The van der Waals surface area contributed by atoms with Crippen LogP contribution in [0, 0.1) is 5.82 Å². The van der Waals surface area contributed by atoms with Gasteiger partial charge in [0.2, 0.25) is 0 Å². The Bertz CT molecular complexity index is 462. The Labute approximate surface area is 112 Å². The van der Waals surface area contributed by atoms with E-state index in [1.165, 1.54) is 12.1 Å². The smallest absolute Gasteiger partial charge is 0.179 e. The van der Waals surface area contributed by atoms with Crippen molar-refractivity contribution in [1.82, 2.24) is 4.90 Å². The van der Waals surface area contributed by atoms with E-state index in [4.69, 9.17) is 4.74 Å². The minimum Gasteiger partial charge on any atom is -0.372 e. The highest BCUT2D eigenvalue weighted by Crippen LogP contribution is 2.27. The Morgan fingerprint density at radius 1 is 1.26 bits per heavy atom. The molecule has 3 nitrogen and oxygen atoms in total. The molecule has 3 rings (SSSR count). The quantitative estimate of drug-likeness (QED) is 0.783. The summed E-state index contributed by atoms with van der Waals surface area (Å²) in [5.41, 5.74) is 0.577. The number of nitrogens with zero attached hydrogens (tertiary/aromatic N) is 1. The zero-order valence-corrected chi connectivity index (χ0v) is 11.0. The third-order valence-electron chi connectivity index (χ3n) is 4.13. The molecular weight excluding hydrogens is 245 g/mol. The standard InChI is InChI=1S/C15H18FNO2/c1-10(15(18)11-2-4-12(16)5-3-11)17-8-13-6-7-14(9-17)19-13/h2-5,10,13-14H,6-9H2,1H3. The highest BCUT2D eigenvalue weighted by molar-refractivity contribution is 5.99. The molecule has 1 aromatic rings. The van der Waals surface area contributed by atoms with E-state index >= 15 is 0 Å². The fraction of sp³-hybridized carbons (Fsp3) is 0.533. The van der Waals surface area contributed by atoms with Crippen LogP contribution >= 0.6 is 0 Å². The highest BCUT2D eigenvalue weighted by Gasteiger charge is 2.37. The first-order chi connectivity index (χ1) is 9.13. The van der Waals surface area contributed by atoms with Crippen molar-refractivity contribution in [2.45, 2.75) is 38.0 Å². The SMILES string of the molecule is CC(C(=O)c1ccc(F)cc1)N1CC2CCC(C1)O2. The number of carbonyl (C=O) groups is 1. The zero-order valence-electron chi connectivity index (χ0n) is 11.0. The fourth-order valence-corrected chi connectivity index (χ4v) is 2.98. The number of hydrogen-bond acceptors (Lipinski definition) is 3. The molecule has 0 spiro atoms. The van der Waals surface area contributed by atoms with E-state index in [1.807, 2.05) is 6.92 Å². The van der Waals surface area contributed by atoms with Gasteiger partial charge in [-0.25, -0.2) is 4.39 Å². The molecule has 2 fully saturated rings. The second-order valence-electron chi connectivity index (χ2n) is 5.46. The first-order valence-corrected chi connectivity index (χ1v) is 6.83. The normalized spacial score (nSPS) is 28.3. The molecule has 3 atom stereocenters. The molecule has 102 valence electrons.